The Labute approximate surface area is 170 Å². The van der Waals surface area contributed by atoms with Crippen molar-refractivity contribution >= 4 is 5.97 Å². The number of aliphatic hydroxyl groups is 1. The molecule has 1 aromatic carbocycles. The summed E-state index contributed by atoms with van der Waals surface area (Å²) in [5, 5.41) is 9.41. The Morgan fingerprint density at radius 2 is 1.19 bits per heavy atom. The molecular formula is C16H11F12NO3. The normalized spacial score (nSPS) is 14.3. The second-order valence-corrected chi connectivity index (χ2v) is 6.43. The van der Waals surface area contributed by atoms with Crippen molar-refractivity contribution in [3.8, 4) is 5.75 Å². The Hall–Kier alpha value is -2.49. The summed E-state index contributed by atoms with van der Waals surface area (Å²) >= 11 is 0. The zero-order chi connectivity index (χ0) is 25.7. The van der Waals surface area contributed by atoms with E-state index in [0.29, 0.717) is 0 Å². The second kappa shape index (κ2) is 7.83. The zero-order valence-corrected chi connectivity index (χ0v) is 15.3. The minimum Gasteiger partial charge on any atom is -0.423 e. The SMILES string of the molecule is C=C(C)C(=O)Oc1cc(C(N)(C(F)(F)F)C(F)(F)F)cc(C(O)(C(F)(F)F)C(F)(F)F)c1. The standard InChI is InChI=1S/C16H11F12NO3/c1-6(2)10(30)32-9-4-7(11(29,13(17,18)19)14(20,21)22)3-8(5-9)12(31,15(23,24)25)16(26,27)28/h3-5,31H,1,29H2,2H3. The molecule has 16 heteroatoms. The number of halogens is 12. The maximum absolute atomic E-state index is 13.2. The lowest BCUT2D eigenvalue weighted by Gasteiger charge is -2.36. The van der Waals surface area contributed by atoms with Crippen molar-refractivity contribution in [1.82, 2.24) is 0 Å². The minimum atomic E-state index is -6.69. The fourth-order valence-electron chi connectivity index (χ4n) is 2.26. The molecule has 0 saturated carbocycles. The lowest BCUT2D eigenvalue weighted by atomic mass is 9.84. The first-order valence-electron chi connectivity index (χ1n) is 7.73. The number of ether oxygens (including phenoxy) is 1. The summed E-state index contributed by atoms with van der Waals surface area (Å²) in [6, 6.07) is -1.61. The number of carbonyl (C=O) groups is 1. The third kappa shape index (κ3) is 4.51. The highest BCUT2D eigenvalue weighted by molar-refractivity contribution is 5.88. The maximum atomic E-state index is 13.2. The molecule has 0 saturated heterocycles. The molecule has 0 aliphatic rings. The van der Waals surface area contributed by atoms with Crippen LogP contribution in [0.4, 0.5) is 52.7 Å². The molecule has 0 amide bonds. The first kappa shape index (κ1) is 27.5. The van der Waals surface area contributed by atoms with Crippen LogP contribution >= 0.6 is 0 Å². The third-order valence-corrected chi connectivity index (χ3v) is 4.05. The first-order valence-corrected chi connectivity index (χ1v) is 7.73. The molecule has 3 N–H and O–H groups in total. The van der Waals surface area contributed by atoms with Crippen LogP contribution in [-0.2, 0) is 15.9 Å². The predicted octanol–water partition coefficient (Wildman–Crippen LogP) is 4.76. The van der Waals surface area contributed by atoms with Gasteiger partial charge in [-0.15, -0.1) is 0 Å². The fourth-order valence-corrected chi connectivity index (χ4v) is 2.26. The van der Waals surface area contributed by atoms with Gasteiger partial charge in [-0.2, -0.15) is 52.7 Å². The smallest absolute Gasteiger partial charge is 0.423 e. The van der Waals surface area contributed by atoms with E-state index < -0.39 is 76.4 Å². The molecule has 0 unspecified atom stereocenters. The molecule has 182 valence electrons. The largest absolute Gasteiger partial charge is 0.430 e. The van der Waals surface area contributed by atoms with Gasteiger partial charge >= 0.3 is 30.7 Å². The Morgan fingerprint density at radius 1 is 0.812 bits per heavy atom. The van der Waals surface area contributed by atoms with Crippen LogP contribution < -0.4 is 10.5 Å². The van der Waals surface area contributed by atoms with Crippen LogP contribution in [0.1, 0.15) is 18.1 Å². The Kier molecular flexibility index (Phi) is 6.74. The van der Waals surface area contributed by atoms with E-state index in [1.165, 1.54) is 0 Å². The van der Waals surface area contributed by atoms with E-state index in [9.17, 15) is 62.6 Å². The van der Waals surface area contributed by atoms with E-state index in [-0.39, 0.29) is 6.07 Å². The summed E-state index contributed by atoms with van der Waals surface area (Å²) in [5.74, 6) is -3.27. The monoisotopic (exact) mass is 493 g/mol. The van der Waals surface area contributed by atoms with Gasteiger partial charge in [-0.05, 0) is 30.7 Å². The van der Waals surface area contributed by atoms with Crippen LogP contribution in [0.5, 0.6) is 5.75 Å². The molecule has 32 heavy (non-hydrogen) atoms. The number of rotatable bonds is 4. The van der Waals surface area contributed by atoms with Crippen molar-refractivity contribution in [2.24, 2.45) is 5.73 Å². The molecule has 0 radical (unpaired) electrons. The average molecular weight is 493 g/mol. The summed E-state index contributed by atoms with van der Waals surface area (Å²) in [4.78, 5) is 11.5. The third-order valence-electron chi connectivity index (χ3n) is 4.05. The highest BCUT2D eigenvalue weighted by Crippen LogP contribution is 2.53. The highest BCUT2D eigenvalue weighted by Gasteiger charge is 2.73. The molecule has 0 heterocycles. The Morgan fingerprint density at radius 3 is 1.50 bits per heavy atom. The van der Waals surface area contributed by atoms with Crippen molar-refractivity contribution in [1.29, 1.82) is 0 Å². The lowest BCUT2D eigenvalue weighted by Crippen LogP contribution is -2.61. The average Bonchev–Trinajstić information content (AvgIpc) is 2.55. The molecule has 1 aromatic rings. The van der Waals surface area contributed by atoms with Crippen molar-refractivity contribution in [3.05, 3.63) is 41.5 Å². The topological polar surface area (TPSA) is 72.5 Å². The highest BCUT2D eigenvalue weighted by atomic mass is 19.4. The van der Waals surface area contributed by atoms with Gasteiger partial charge in [0.2, 0.25) is 5.54 Å². The molecule has 0 bridgehead atoms. The molecule has 4 nitrogen and oxygen atoms in total. The number of carbonyl (C=O) groups excluding carboxylic acids is 1. The number of benzene rings is 1. The first-order chi connectivity index (χ1) is 13.9. The molecule has 0 aromatic heterocycles. The number of alkyl halides is 12. The van der Waals surface area contributed by atoms with E-state index in [1.54, 1.807) is 0 Å². The van der Waals surface area contributed by atoms with Crippen molar-refractivity contribution < 1.29 is 67.3 Å². The lowest BCUT2D eigenvalue weighted by molar-refractivity contribution is -0.376. The van der Waals surface area contributed by atoms with Gasteiger partial charge in [0.1, 0.15) is 5.75 Å². The molecule has 0 spiro atoms. The van der Waals surface area contributed by atoms with Gasteiger partial charge in [-0.3, -0.25) is 0 Å². The number of hydrogen-bond donors (Lipinski definition) is 2. The molecule has 0 aliphatic carbocycles. The van der Waals surface area contributed by atoms with E-state index >= 15 is 0 Å². The van der Waals surface area contributed by atoms with Crippen LogP contribution in [0.25, 0.3) is 0 Å². The van der Waals surface area contributed by atoms with E-state index in [1.807, 2.05) is 0 Å². The predicted molar refractivity (Wildman–Crippen MR) is 80.9 cm³/mol. The minimum absolute atomic E-state index is 0.335. The molecular weight excluding hydrogens is 482 g/mol. The van der Waals surface area contributed by atoms with Gasteiger partial charge in [0.25, 0.3) is 5.60 Å². The number of esters is 1. The van der Waals surface area contributed by atoms with Gasteiger partial charge in [-0.25, -0.2) is 4.79 Å². The van der Waals surface area contributed by atoms with Gasteiger partial charge in [-0.1, -0.05) is 6.58 Å². The summed E-state index contributed by atoms with van der Waals surface area (Å²) in [5.41, 5.74) is -12.6. The van der Waals surface area contributed by atoms with Crippen LogP contribution in [0.3, 0.4) is 0 Å². The van der Waals surface area contributed by atoms with Gasteiger partial charge < -0.3 is 15.6 Å². The summed E-state index contributed by atoms with van der Waals surface area (Å²) in [6.07, 6.45) is -26.4. The Bertz CT molecular complexity index is 811. The number of hydrogen-bond acceptors (Lipinski definition) is 4. The summed E-state index contributed by atoms with van der Waals surface area (Å²) < 4.78 is 162. The van der Waals surface area contributed by atoms with E-state index in [0.717, 1.165) is 6.92 Å². The van der Waals surface area contributed by atoms with Gasteiger partial charge in [0, 0.05) is 11.1 Å². The van der Waals surface area contributed by atoms with Crippen molar-refractivity contribution in [2.45, 2.75) is 42.8 Å². The van der Waals surface area contributed by atoms with E-state index in [2.05, 4.69) is 17.0 Å². The van der Waals surface area contributed by atoms with Crippen LogP contribution in [-0.4, -0.2) is 35.8 Å². The Balaban J connectivity index is 4.12. The van der Waals surface area contributed by atoms with Crippen LogP contribution in [0.2, 0.25) is 0 Å². The quantitative estimate of drug-likeness (QED) is 0.275. The molecule has 0 aliphatic heterocycles. The summed E-state index contributed by atoms with van der Waals surface area (Å²) in [6.45, 7) is 3.88. The van der Waals surface area contributed by atoms with E-state index in [4.69, 9.17) is 0 Å². The van der Waals surface area contributed by atoms with Crippen LogP contribution in [0.15, 0.2) is 30.4 Å². The molecule has 0 fully saturated rings. The number of nitrogens with two attached hydrogens (primary N) is 1. The zero-order valence-electron chi connectivity index (χ0n) is 15.3. The van der Waals surface area contributed by atoms with Crippen molar-refractivity contribution in [3.63, 3.8) is 0 Å². The van der Waals surface area contributed by atoms with Gasteiger partial charge in [0.05, 0.1) is 0 Å². The summed E-state index contributed by atoms with van der Waals surface area (Å²) in [7, 11) is 0. The molecule has 1 rings (SSSR count). The maximum Gasteiger partial charge on any atom is 0.430 e. The van der Waals surface area contributed by atoms with Crippen LogP contribution in [0, 0.1) is 0 Å². The fraction of sp³-hybridized carbons (Fsp3) is 0.438. The van der Waals surface area contributed by atoms with Crippen molar-refractivity contribution in [2.75, 3.05) is 0 Å². The second-order valence-electron chi connectivity index (χ2n) is 6.43. The van der Waals surface area contributed by atoms with Gasteiger partial charge in [0.15, 0.2) is 0 Å². The molecule has 0 atom stereocenters.